The second-order valence-corrected chi connectivity index (χ2v) is 6.56. The number of benzene rings is 1. The summed E-state index contributed by atoms with van der Waals surface area (Å²) in [7, 11) is 2.17. The lowest BCUT2D eigenvalue weighted by Crippen LogP contribution is -2.37. The van der Waals surface area contributed by atoms with Gasteiger partial charge in [0.15, 0.2) is 5.58 Å². The first-order chi connectivity index (χ1) is 11.2. The summed E-state index contributed by atoms with van der Waals surface area (Å²) >= 11 is 0. The van der Waals surface area contributed by atoms with E-state index in [0.29, 0.717) is 18.0 Å². The number of fused-ring (bicyclic) bond motifs is 1. The molecule has 6 nitrogen and oxygen atoms in total. The van der Waals surface area contributed by atoms with Crippen molar-refractivity contribution in [1.29, 1.82) is 0 Å². The summed E-state index contributed by atoms with van der Waals surface area (Å²) in [5.41, 5.74) is 2.76. The molecule has 23 heavy (non-hydrogen) atoms. The van der Waals surface area contributed by atoms with Crippen LogP contribution in [-0.2, 0) is 4.74 Å². The predicted octanol–water partition coefficient (Wildman–Crippen LogP) is 2.64. The summed E-state index contributed by atoms with van der Waals surface area (Å²) in [6.07, 6.45) is 2.52. The molecule has 0 spiro atoms. The minimum Gasteiger partial charge on any atom is -0.459 e. The summed E-state index contributed by atoms with van der Waals surface area (Å²) < 4.78 is 11.7. The van der Waals surface area contributed by atoms with Gasteiger partial charge in [0.2, 0.25) is 0 Å². The number of oxazole rings is 1. The highest BCUT2D eigenvalue weighted by atomic mass is 16.5. The quantitative estimate of drug-likeness (QED) is 0.923. The second kappa shape index (κ2) is 5.85. The van der Waals surface area contributed by atoms with E-state index in [0.717, 1.165) is 36.3 Å². The van der Waals surface area contributed by atoms with Crippen LogP contribution >= 0.6 is 0 Å². The van der Waals surface area contributed by atoms with Crippen LogP contribution < -0.4 is 5.32 Å². The Balaban J connectivity index is 1.39. The van der Waals surface area contributed by atoms with E-state index < -0.39 is 0 Å². The topological polar surface area (TPSA) is 62.9 Å². The van der Waals surface area contributed by atoms with Crippen LogP contribution in [0.1, 0.15) is 18.4 Å². The van der Waals surface area contributed by atoms with Crippen LogP contribution in [0.15, 0.2) is 27.6 Å². The molecule has 2 aliphatic rings. The van der Waals surface area contributed by atoms with Crippen LogP contribution in [0.4, 0.5) is 6.01 Å². The van der Waals surface area contributed by atoms with E-state index in [2.05, 4.69) is 27.2 Å². The molecular weight excluding hydrogens is 292 g/mol. The summed E-state index contributed by atoms with van der Waals surface area (Å²) in [6, 6.07) is 6.92. The van der Waals surface area contributed by atoms with E-state index in [9.17, 15) is 0 Å². The molecule has 122 valence electrons. The van der Waals surface area contributed by atoms with Gasteiger partial charge in [-0.2, -0.15) is 4.98 Å². The Hall–Kier alpha value is -2.08. The molecule has 1 aromatic heterocycles. The fourth-order valence-electron chi connectivity index (χ4n) is 3.28. The molecule has 4 rings (SSSR count). The maximum atomic E-state index is 5.98. The predicted molar refractivity (Wildman–Crippen MR) is 89.8 cm³/mol. The van der Waals surface area contributed by atoms with E-state index in [1.165, 1.54) is 12.8 Å². The monoisotopic (exact) mass is 314 g/mol. The molecule has 2 aliphatic heterocycles. The Kier molecular flexibility index (Phi) is 3.69. The fraction of sp³-hybridized carbons (Fsp3) is 0.529. The van der Waals surface area contributed by atoms with Gasteiger partial charge in [0.1, 0.15) is 11.6 Å². The smallest absolute Gasteiger partial charge is 0.303 e. The van der Waals surface area contributed by atoms with Crippen molar-refractivity contribution in [2.45, 2.75) is 25.9 Å². The van der Waals surface area contributed by atoms with E-state index in [4.69, 9.17) is 9.15 Å². The number of ether oxygens (including phenoxy) is 1. The molecule has 0 saturated carbocycles. The molecule has 1 aromatic carbocycles. The zero-order valence-electron chi connectivity index (χ0n) is 13.6. The number of aryl methyl sites for hydroxylation is 1. The summed E-state index contributed by atoms with van der Waals surface area (Å²) in [4.78, 5) is 11.3. The highest BCUT2D eigenvalue weighted by molar-refractivity contribution is 5.89. The van der Waals surface area contributed by atoms with Crippen molar-refractivity contribution in [2.75, 3.05) is 32.0 Å². The molecule has 1 fully saturated rings. The average Bonchev–Trinajstić information content (AvgIpc) is 3.14. The zero-order valence-corrected chi connectivity index (χ0v) is 13.6. The van der Waals surface area contributed by atoms with Crippen LogP contribution in [0.5, 0.6) is 0 Å². The Morgan fingerprint density at radius 2 is 2.09 bits per heavy atom. The number of aromatic nitrogens is 1. The Morgan fingerprint density at radius 3 is 2.91 bits per heavy atom. The first-order valence-electron chi connectivity index (χ1n) is 8.21. The highest BCUT2D eigenvalue weighted by Crippen LogP contribution is 2.26. The molecule has 3 heterocycles. The number of hydrogen-bond acceptors (Lipinski definition) is 6. The normalized spacial score (nSPS) is 23.0. The Morgan fingerprint density at radius 1 is 1.26 bits per heavy atom. The lowest BCUT2D eigenvalue weighted by Gasteiger charge is -2.31. The van der Waals surface area contributed by atoms with Gasteiger partial charge in [-0.15, -0.1) is 0 Å². The van der Waals surface area contributed by atoms with Crippen LogP contribution in [-0.4, -0.2) is 48.7 Å². The molecule has 1 unspecified atom stereocenters. The third kappa shape index (κ3) is 3.03. The molecule has 6 heteroatoms. The van der Waals surface area contributed by atoms with E-state index in [1.54, 1.807) is 0 Å². The van der Waals surface area contributed by atoms with Gasteiger partial charge in [-0.1, -0.05) is 6.07 Å². The third-order valence-electron chi connectivity index (χ3n) is 4.72. The molecule has 0 amide bonds. The van der Waals surface area contributed by atoms with Crippen molar-refractivity contribution in [3.63, 3.8) is 0 Å². The largest absolute Gasteiger partial charge is 0.459 e. The Bertz CT molecular complexity index is 731. The second-order valence-electron chi connectivity index (χ2n) is 6.56. The summed E-state index contributed by atoms with van der Waals surface area (Å²) in [6.45, 7) is 5.02. The minimum absolute atomic E-state index is 0.179. The number of piperidine rings is 1. The average molecular weight is 314 g/mol. The first kappa shape index (κ1) is 14.5. The number of rotatable bonds is 2. The number of hydrogen-bond donors (Lipinski definition) is 1. The van der Waals surface area contributed by atoms with Crippen molar-refractivity contribution in [3.05, 3.63) is 23.8 Å². The summed E-state index contributed by atoms with van der Waals surface area (Å²) in [5.74, 6) is 0.584. The molecular formula is C17H22N4O2. The molecule has 0 radical (unpaired) electrons. The van der Waals surface area contributed by atoms with Gasteiger partial charge in [0.05, 0.1) is 6.54 Å². The molecule has 1 saturated heterocycles. The van der Waals surface area contributed by atoms with Crippen molar-refractivity contribution < 1.29 is 9.15 Å². The van der Waals surface area contributed by atoms with Gasteiger partial charge >= 0.3 is 6.01 Å². The minimum atomic E-state index is 0.179. The molecule has 0 bridgehead atoms. The number of amidine groups is 1. The fourth-order valence-corrected chi connectivity index (χ4v) is 3.28. The maximum absolute atomic E-state index is 5.98. The molecule has 0 aliphatic carbocycles. The van der Waals surface area contributed by atoms with Gasteiger partial charge in [-0.3, -0.25) is 5.32 Å². The zero-order chi connectivity index (χ0) is 15.8. The van der Waals surface area contributed by atoms with E-state index in [1.807, 2.05) is 25.1 Å². The van der Waals surface area contributed by atoms with E-state index >= 15 is 0 Å². The lowest BCUT2D eigenvalue weighted by atomic mass is 9.91. The van der Waals surface area contributed by atoms with E-state index in [-0.39, 0.29) is 6.10 Å². The molecule has 1 N–H and O–H groups in total. The lowest BCUT2D eigenvalue weighted by molar-refractivity contribution is 0.0968. The maximum Gasteiger partial charge on any atom is 0.303 e. The van der Waals surface area contributed by atoms with Gasteiger partial charge in [-0.05, 0) is 57.6 Å². The Labute approximate surface area is 135 Å². The standard InChI is InChI=1S/C17H22N4O2/c1-11-3-4-13-14(9-11)22-17(19-13)20-16-18-10-15(23-16)12-5-7-21(2)8-6-12/h3-4,9,12,15H,5-8,10H2,1-2H3,(H,18,19,20). The van der Waals surface area contributed by atoms with Gasteiger partial charge < -0.3 is 14.1 Å². The number of nitrogens with zero attached hydrogens (tertiary/aromatic N) is 3. The van der Waals surface area contributed by atoms with Crippen molar-refractivity contribution in [1.82, 2.24) is 9.88 Å². The van der Waals surface area contributed by atoms with Crippen molar-refractivity contribution >= 4 is 23.1 Å². The molecule has 1 atom stereocenters. The number of anilines is 1. The van der Waals surface area contributed by atoms with Crippen LogP contribution in [0.25, 0.3) is 11.1 Å². The molecule has 2 aromatic rings. The van der Waals surface area contributed by atoms with Crippen LogP contribution in [0, 0.1) is 12.8 Å². The number of aliphatic imine (C=N–C) groups is 1. The number of likely N-dealkylation sites (tertiary alicyclic amines) is 1. The first-order valence-corrected chi connectivity index (χ1v) is 8.21. The van der Waals surface area contributed by atoms with Gasteiger partial charge in [0, 0.05) is 5.92 Å². The van der Waals surface area contributed by atoms with Crippen molar-refractivity contribution in [2.24, 2.45) is 10.9 Å². The third-order valence-corrected chi connectivity index (χ3v) is 4.72. The SMILES string of the molecule is Cc1ccc2nc(NC3=NCC(C4CCN(C)CC4)O3)oc2c1. The van der Waals surface area contributed by atoms with Crippen molar-refractivity contribution in [3.8, 4) is 0 Å². The summed E-state index contributed by atoms with van der Waals surface area (Å²) in [5, 5.41) is 3.07. The van der Waals surface area contributed by atoms with Gasteiger partial charge in [0.25, 0.3) is 6.02 Å². The van der Waals surface area contributed by atoms with Gasteiger partial charge in [-0.25, -0.2) is 4.99 Å². The highest BCUT2D eigenvalue weighted by Gasteiger charge is 2.31. The van der Waals surface area contributed by atoms with Crippen LogP contribution in [0.2, 0.25) is 0 Å². The van der Waals surface area contributed by atoms with Crippen LogP contribution in [0.3, 0.4) is 0 Å². The number of nitrogens with one attached hydrogen (secondary N) is 1.